The number of oxazole rings is 1. The largest absolute Gasteiger partial charge is 0.445 e. The van der Waals surface area contributed by atoms with Gasteiger partial charge in [-0.15, -0.1) is 0 Å². The second-order valence-electron chi connectivity index (χ2n) is 7.34. The molecule has 1 aliphatic heterocycles. The first-order chi connectivity index (χ1) is 12.3. The van der Waals surface area contributed by atoms with Crippen LogP contribution in [0.4, 0.5) is 5.69 Å². The zero-order valence-electron chi connectivity index (χ0n) is 14.7. The summed E-state index contributed by atoms with van der Waals surface area (Å²) in [7, 11) is 0. The van der Waals surface area contributed by atoms with Gasteiger partial charge in [0.15, 0.2) is 0 Å². The highest BCUT2D eigenvalue weighted by Crippen LogP contribution is 2.28. The van der Waals surface area contributed by atoms with Gasteiger partial charge in [0, 0.05) is 42.5 Å². The maximum Gasteiger partial charge on any atom is 0.225 e. The van der Waals surface area contributed by atoms with Crippen molar-refractivity contribution in [2.24, 2.45) is 5.73 Å². The summed E-state index contributed by atoms with van der Waals surface area (Å²) < 4.78 is 5.38. The van der Waals surface area contributed by atoms with Crippen molar-refractivity contribution in [3.63, 3.8) is 0 Å². The Kier molecular flexibility index (Phi) is 5.04. The Morgan fingerprint density at radius 3 is 2.72 bits per heavy atom. The summed E-state index contributed by atoms with van der Waals surface area (Å²) in [5.41, 5.74) is 8.59. The van der Waals surface area contributed by atoms with Crippen molar-refractivity contribution in [2.75, 3.05) is 18.0 Å². The first-order valence-corrected chi connectivity index (χ1v) is 9.57. The number of anilines is 1. The number of nitrogens with one attached hydrogen (secondary N) is 1. The van der Waals surface area contributed by atoms with Crippen molar-refractivity contribution >= 4 is 5.69 Å². The van der Waals surface area contributed by atoms with Gasteiger partial charge in [-0.2, -0.15) is 0 Å². The molecule has 3 N–H and O–H groups in total. The molecular weight excluding hydrogens is 312 g/mol. The lowest BCUT2D eigenvalue weighted by atomic mass is 9.91. The molecule has 134 valence electrons. The molecule has 1 aromatic heterocycles. The molecule has 0 bridgehead atoms. The van der Waals surface area contributed by atoms with Crippen molar-refractivity contribution in [3.05, 3.63) is 36.7 Å². The lowest BCUT2D eigenvalue weighted by Crippen LogP contribution is -2.50. The van der Waals surface area contributed by atoms with Crippen LogP contribution in [0, 0.1) is 0 Å². The fourth-order valence-electron chi connectivity index (χ4n) is 4.25. The lowest BCUT2D eigenvalue weighted by molar-refractivity contribution is 0.322. The molecule has 1 unspecified atom stereocenters. The summed E-state index contributed by atoms with van der Waals surface area (Å²) in [5, 5.41) is 3.76. The number of nitrogens with zero attached hydrogens (tertiary/aromatic N) is 2. The van der Waals surface area contributed by atoms with E-state index in [2.05, 4.69) is 39.5 Å². The number of hydrogen-bond donors (Lipinski definition) is 2. The molecule has 1 aliphatic carbocycles. The third-order valence-electron chi connectivity index (χ3n) is 5.69. The van der Waals surface area contributed by atoms with Crippen LogP contribution >= 0.6 is 0 Å². The normalized spacial score (nSPS) is 26.9. The quantitative estimate of drug-likeness (QED) is 0.875. The molecule has 2 fully saturated rings. The molecular formula is C20H28N4O. The molecule has 4 rings (SSSR count). The summed E-state index contributed by atoms with van der Waals surface area (Å²) in [6.07, 6.45) is 10.8. The van der Waals surface area contributed by atoms with E-state index in [0.29, 0.717) is 24.0 Å². The van der Waals surface area contributed by atoms with Crippen LogP contribution in [0.2, 0.25) is 0 Å². The van der Waals surface area contributed by atoms with E-state index in [4.69, 9.17) is 10.2 Å². The summed E-state index contributed by atoms with van der Waals surface area (Å²) in [6.45, 7) is 2.15. The SMILES string of the molecule is N[C@@H]1CCCC[C@H]1NCC1CCCN1c1ccc(-c2ncco2)cc1. The standard InChI is InChI=1S/C20H28N4O/c21-18-5-1-2-6-19(18)23-14-17-4-3-12-24(17)16-9-7-15(8-10-16)20-22-11-13-25-20/h7-11,13,17-19,23H,1-6,12,14,21H2/t17?,18-,19-/m1/s1. The van der Waals surface area contributed by atoms with E-state index in [-0.39, 0.29) is 0 Å². The Morgan fingerprint density at radius 2 is 1.96 bits per heavy atom. The molecule has 2 heterocycles. The van der Waals surface area contributed by atoms with Crippen LogP contribution in [0.25, 0.3) is 11.5 Å². The number of rotatable bonds is 5. The van der Waals surface area contributed by atoms with Crippen LogP contribution in [-0.4, -0.2) is 36.2 Å². The minimum atomic E-state index is 0.323. The highest BCUT2D eigenvalue weighted by atomic mass is 16.3. The van der Waals surface area contributed by atoms with Crippen LogP contribution in [0.1, 0.15) is 38.5 Å². The predicted octanol–water partition coefficient (Wildman–Crippen LogP) is 3.17. The van der Waals surface area contributed by atoms with Gasteiger partial charge in [-0.1, -0.05) is 12.8 Å². The van der Waals surface area contributed by atoms with Gasteiger partial charge in [0.05, 0.1) is 6.20 Å². The van der Waals surface area contributed by atoms with Crippen LogP contribution < -0.4 is 16.0 Å². The molecule has 1 saturated heterocycles. The Labute approximate surface area is 149 Å². The number of nitrogens with two attached hydrogens (primary N) is 1. The van der Waals surface area contributed by atoms with Gasteiger partial charge in [0.25, 0.3) is 0 Å². The van der Waals surface area contributed by atoms with Crippen molar-refractivity contribution < 1.29 is 4.42 Å². The topological polar surface area (TPSA) is 67.3 Å². The van der Waals surface area contributed by atoms with Gasteiger partial charge in [-0.05, 0) is 49.9 Å². The predicted molar refractivity (Wildman–Crippen MR) is 101 cm³/mol. The van der Waals surface area contributed by atoms with Crippen molar-refractivity contribution in [2.45, 2.75) is 56.7 Å². The molecule has 1 saturated carbocycles. The minimum absolute atomic E-state index is 0.323. The number of benzene rings is 1. The third kappa shape index (κ3) is 3.72. The van der Waals surface area contributed by atoms with Gasteiger partial charge in [-0.25, -0.2) is 4.98 Å². The Bertz CT molecular complexity index is 655. The highest BCUT2D eigenvalue weighted by molar-refractivity contribution is 5.59. The minimum Gasteiger partial charge on any atom is -0.445 e. The van der Waals surface area contributed by atoms with Gasteiger partial charge >= 0.3 is 0 Å². The lowest BCUT2D eigenvalue weighted by Gasteiger charge is -2.33. The smallest absolute Gasteiger partial charge is 0.225 e. The van der Waals surface area contributed by atoms with Crippen LogP contribution in [0.15, 0.2) is 41.1 Å². The van der Waals surface area contributed by atoms with Gasteiger partial charge in [0.1, 0.15) is 6.26 Å². The highest BCUT2D eigenvalue weighted by Gasteiger charge is 2.27. The maximum atomic E-state index is 6.28. The Balaban J connectivity index is 1.39. The first kappa shape index (κ1) is 16.6. The molecule has 2 aliphatic rings. The Morgan fingerprint density at radius 1 is 1.12 bits per heavy atom. The summed E-state index contributed by atoms with van der Waals surface area (Å²) in [4.78, 5) is 6.74. The molecule has 2 aromatic rings. The van der Waals surface area contributed by atoms with E-state index in [0.717, 1.165) is 25.1 Å². The molecule has 1 aromatic carbocycles. The van der Waals surface area contributed by atoms with E-state index in [1.807, 2.05) is 0 Å². The average molecular weight is 340 g/mol. The van der Waals surface area contributed by atoms with Gasteiger partial charge < -0.3 is 20.4 Å². The second-order valence-corrected chi connectivity index (χ2v) is 7.34. The molecule has 0 amide bonds. The molecule has 25 heavy (non-hydrogen) atoms. The molecule has 0 spiro atoms. The first-order valence-electron chi connectivity index (χ1n) is 9.57. The molecule has 5 nitrogen and oxygen atoms in total. The van der Waals surface area contributed by atoms with Gasteiger partial charge in [0.2, 0.25) is 5.89 Å². The van der Waals surface area contributed by atoms with Gasteiger partial charge in [-0.3, -0.25) is 0 Å². The van der Waals surface area contributed by atoms with Crippen LogP contribution in [0.3, 0.4) is 0 Å². The summed E-state index contributed by atoms with van der Waals surface area (Å²) in [6, 6.07) is 9.94. The molecule has 5 heteroatoms. The van der Waals surface area contributed by atoms with Crippen molar-refractivity contribution in [1.82, 2.24) is 10.3 Å². The summed E-state index contributed by atoms with van der Waals surface area (Å²) >= 11 is 0. The van der Waals surface area contributed by atoms with E-state index in [1.165, 1.54) is 37.8 Å². The van der Waals surface area contributed by atoms with Crippen LogP contribution in [0.5, 0.6) is 0 Å². The van der Waals surface area contributed by atoms with E-state index in [9.17, 15) is 0 Å². The zero-order valence-corrected chi connectivity index (χ0v) is 14.7. The fourth-order valence-corrected chi connectivity index (χ4v) is 4.25. The second kappa shape index (κ2) is 7.58. The zero-order chi connectivity index (χ0) is 17.1. The van der Waals surface area contributed by atoms with E-state index < -0.39 is 0 Å². The molecule has 0 radical (unpaired) electrons. The van der Waals surface area contributed by atoms with Crippen molar-refractivity contribution in [3.8, 4) is 11.5 Å². The fraction of sp³-hybridized carbons (Fsp3) is 0.550. The molecule has 3 atom stereocenters. The number of aromatic nitrogens is 1. The number of hydrogen-bond acceptors (Lipinski definition) is 5. The third-order valence-corrected chi connectivity index (χ3v) is 5.69. The van der Waals surface area contributed by atoms with E-state index >= 15 is 0 Å². The summed E-state index contributed by atoms with van der Waals surface area (Å²) in [5.74, 6) is 0.678. The monoisotopic (exact) mass is 340 g/mol. The Hall–Kier alpha value is -1.85. The van der Waals surface area contributed by atoms with Crippen molar-refractivity contribution in [1.29, 1.82) is 0 Å². The average Bonchev–Trinajstić information content (AvgIpc) is 3.33. The van der Waals surface area contributed by atoms with E-state index in [1.54, 1.807) is 12.5 Å². The maximum absolute atomic E-state index is 6.28. The van der Waals surface area contributed by atoms with Crippen LogP contribution in [-0.2, 0) is 0 Å².